The summed E-state index contributed by atoms with van der Waals surface area (Å²) in [5.41, 5.74) is 0.337. The lowest BCUT2D eigenvalue weighted by molar-refractivity contribution is -0.145. The van der Waals surface area contributed by atoms with E-state index in [1.165, 1.54) is 4.90 Å². The Bertz CT molecular complexity index is 1520. The number of hydrogen-bond donors (Lipinski definition) is 4. The molecule has 14 heteroatoms. The zero-order valence-corrected chi connectivity index (χ0v) is 32.9. The molecule has 4 N–H and O–H groups in total. The Morgan fingerprint density at radius 1 is 0.944 bits per heavy atom. The number of ether oxygens (including phenoxy) is 1. The number of nitrogens with one attached hydrogen (secondary N) is 4. The minimum atomic E-state index is -1.19. The molecule has 2 aliphatic carbocycles. The van der Waals surface area contributed by atoms with Crippen LogP contribution >= 0.6 is 0 Å². The summed E-state index contributed by atoms with van der Waals surface area (Å²) >= 11 is 0. The molecular weight excluding hydrogens is 692 g/mol. The summed E-state index contributed by atoms with van der Waals surface area (Å²) < 4.78 is 5.39. The van der Waals surface area contributed by atoms with Gasteiger partial charge in [0.25, 0.3) is 5.91 Å². The van der Waals surface area contributed by atoms with Gasteiger partial charge in [-0.15, -0.1) is 0 Å². The van der Waals surface area contributed by atoms with Crippen molar-refractivity contribution in [1.29, 1.82) is 0 Å². The molecule has 1 aromatic rings. The van der Waals surface area contributed by atoms with Crippen LogP contribution in [0.15, 0.2) is 30.3 Å². The number of amides is 6. The van der Waals surface area contributed by atoms with Crippen LogP contribution in [-0.2, 0) is 33.5 Å². The molecule has 0 spiro atoms. The predicted octanol–water partition coefficient (Wildman–Crippen LogP) is 3.11. The van der Waals surface area contributed by atoms with Crippen LogP contribution in [0.2, 0.25) is 0 Å². The second-order valence-corrected chi connectivity index (χ2v) is 16.3. The average Bonchev–Trinajstić information content (AvgIpc) is 3.44. The molecular formula is C40H60N6O8. The van der Waals surface area contributed by atoms with Crippen LogP contribution in [0.25, 0.3) is 0 Å². The number of likely N-dealkylation sites (N-methyl/N-ethyl adjacent to an activating group) is 1. The lowest BCUT2D eigenvalue weighted by Gasteiger charge is -2.37. The highest BCUT2D eigenvalue weighted by atomic mass is 16.5. The van der Waals surface area contributed by atoms with E-state index in [9.17, 15) is 33.6 Å². The van der Waals surface area contributed by atoms with Gasteiger partial charge in [-0.05, 0) is 53.9 Å². The molecule has 3 fully saturated rings. The van der Waals surface area contributed by atoms with Gasteiger partial charge in [-0.3, -0.25) is 28.8 Å². The maximum absolute atomic E-state index is 14.4. The number of alkyl carbamates (subject to hydrolysis) is 1. The number of carbonyl (C=O) groups excluding carboxylic acids is 7. The molecule has 6 atom stereocenters. The van der Waals surface area contributed by atoms with E-state index in [1.54, 1.807) is 49.3 Å². The Morgan fingerprint density at radius 3 is 2.22 bits per heavy atom. The number of likely N-dealkylation sites (tertiary alicyclic amines) is 1. The fourth-order valence-corrected chi connectivity index (χ4v) is 8.00. The van der Waals surface area contributed by atoms with Crippen LogP contribution in [0.4, 0.5) is 4.79 Å². The number of fused-ring (bicyclic) bond motifs is 1. The van der Waals surface area contributed by atoms with Crippen molar-refractivity contribution in [3.8, 4) is 0 Å². The van der Waals surface area contributed by atoms with Crippen molar-refractivity contribution < 1.29 is 38.3 Å². The van der Waals surface area contributed by atoms with Crippen molar-refractivity contribution >= 4 is 41.4 Å². The van der Waals surface area contributed by atoms with E-state index in [0.717, 1.165) is 32.1 Å². The van der Waals surface area contributed by atoms with E-state index in [1.807, 2.05) is 20.8 Å². The molecule has 1 aromatic carbocycles. The van der Waals surface area contributed by atoms with Gasteiger partial charge in [-0.25, -0.2) is 4.79 Å². The smallest absolute Gasteiger partial charge is 0.407 e. The molecule has 0 radical (unpaired) electrons. The highest BCUT2D eigenvalue weighted by Crippen LogP contribution is 2.65. The summed E-state index contributed by atoms with van der Waals surface area (Å²) in [4.78, 5) is 96.9. The maximum Gasteiger partial charge on any atom is 0.407 e. The van der Waals surface area contributed by atoms with Crippen LogP contribution in [-0.4, -0.2) is 103 Å². The molecule has 6 amide bonds. The Morgan fingerprint density at radius 2 is 1.61 bits per heavy atom. The van der Waals surface area contributed by atoms with Gasteiger partial charge >= 0.3 is 6.09 Å². The molecule has 54 heavy (non-hydrogen) atoms. The third-order valence-corrected chi connectivity index (χ3v) is 11.2. The van der Waals surface area contributed by atoms with Gasteiger partial charge in [-0.1, -0.05) is 97.1 Å². The van der Waals surface area contributed by atoms with Crippen molar-refractivity contribution in [2.75, 3.05) is 33.8 Å². The number of ketones is 1. The lowest BCUT2D eigenvalue weighted by Crippen LogP contribution is -2.59. The molecule has 0 aromatic heterocycles. The largest absolute Gasteiger partial charge is 0.449 e. The van der Waals surface area contributed by atoms with Crippen molar-refractivity contribution in [2.45, 2.75) is 110 Å². The number of rotatable bonds is 17. The van der Waals surface area contributed by atoms with Crippen molar-refractivity contribution in [2.24, 2.45) is 29.1 Å². The van der Waals surface area contributed by atoms with E-state index >= 15 is 0 Å². The van der Waals surface area contributed by atoms with E-state index in [2.05, 4.69) is 35.1 Å². The van der Waals surface area contributed by atoms with Crippen LogP contribution in [0.3, 0.4) is 0 Å². The van der Waals surface area contributed by atoms with Crippen molar-refractivity contribution in [3.05, 3.63) is 35.9 Å². The highest BCUT2D eigenvalue weighted by Gasteiger charge is 2.69. The monoisotopic (exact) mass is 752 g/mol. The number of hydrogen-bond acceptors (Lipinski definition) is 8. The first-order valence-electron chi connectivity index (χ1n) is 19.5. The molecule has 0 bridgehead atoms. The number of unbranched alkanes of at least 4 members (excludes halogenated alkanes) is 1. The van der Waals surface area contributed by atoms with Gasteiger partial charge in [0.2, 0.25) is 29.4 Å². The summed E-state index contributed by atoms with van der Waals surface area (Å²) in [5, 5.41) is 10.6. The van der Waals surface area contributed by atoms with Gasteiger partial charge in [-0.2, -0.15) is 0 Å². The molecule has 1 saturated heterocycles. The van der Waals surface area contributed by atoms with Crippen LogP contribution in [0, 0.1) is 29.1 Å². The zero-order valence-electron chi connectivity index (χ0n) is 32.9. The topological polar surface area (TPSA) is 183 Å². The first kappa shape index (κ1) is 42.3. The molecule has 1 aliphatic heterocycles. The quantitative estimate of drug-likeness (QED) is 0.175. The summed E-state index contributed by atoms with van der Waals surface area (Å²) in [6.07, 6.45) is 5.21. The predicted molar refractivity (Wildman–Crippen MR) is 201 cm³/mol. The first-order chi connectivity index (χ1) is 25.6. The Kier molecular flexibility index (Phi) is 14.6. The first-order valence-corrected chi connectivity index (χ1v) is 19.5. The van der Waals surface area contributed by atoms with E-state index < -0.39 is 60.3 Å². The van der Waals surface area contributed by atoms with Crippen LogP contribution < -0.4 is 21.3 Å². The molecule has 4 rings (SSSR count). The normalized spacial score (nSPS) is 21.9. The standard InChI is InChI=1S/C40H60N6O8/c1-8-9-20-28(34(48)36(50)41-21-29(47)43-31(37(51)45(6)7)25-16-12-10-13-17-25)42-35(49)33-30-27(40(30,4)5)22-46(33)38(52)32(26-18-14-11-15-19-26)44-39(53)54-23-24(2)3/h10,12-13,16-17,24,26-28,30-33H,8-9,11,14-15,18-23H2,1-7H3,(H,41,50)(H,42,49)(H,43,47)(H,44,53)/t27-,28?,30-,31-,32-,33-/m0/s1. The summed E-state index contributed by atoms with van der Waals surface area (Å²) in [7, 11) is 3.13. The molecule has 298 valence electrons. The third-order valence-electron chi connectivity index (χ3n) is 11.2. The Balaban J connectivity index is 1.46. The zero-order chi connectivity index (χ0) is 39.7. The maximum atomic E-state index is 14.4. The number of carbonyl (C=O) groups is 7. The Hall–Kier alpha value is -4.49. The number of Topliss-reactive ketones (excluding diaryl/α,β-unsaturated/α-hetero) is 1. The molecule has 1 heterocycles. The third kappa shape index (κ3) is 10.4. The summed E-state index contributed by atoms with van der Waals surface area (Å²) in [6, 6.07) is 4.73. The van der Waals surface area contributed by atoms with Gasteiger partial charge in [0.15, 0.2) is 0 Å². The van der Waals surface area contributed by atoms with Gasteiger partial charge in [0.05, 0.1) is 19.2 Å². The fraction of sp³-hybridized carbons (Fsp3) is 0.675. The van der Waals surface area contributed by atoms with Crippen molar-refractivity contribution in [3.63, 3.8) is 0 Å². The number of piperidine rings is 1. The van der Waals surface area contributed by atoms with E-state index in [4.69, 9.17) is 4.74 Å². The Labute approximate surface area is 319 Å². The van der Waals surface area contributed by atoms with Gasteiger partial charge in [0.1, 0.15) is 18.1 Å². The summed E-state index contributed by atoms with van der Waals surface area (Å²) in [5.74, 6) is -3.96. The molecule has 2 saturated carbocycles. The summed E-state index contributed by atoms with van der Waals surface area (Å²) in [6.45, 7) is 9.86. The molecule has 1 unspecified atom stereocenters. The minimum Gasteiger partial charge on any atom is -0.449 e. The second kappa shape index (κ2) is 18.7. The highest BCUT2D eigenvalue weighted by molar-refractivity contribution is 6.38. The average molecular weight is 753 g/mol. The van der Waals surface area contributed by atoms with Crippen molar-refractivity contribution in [1.82, 2.24) is 31.1 Å². The second-order valence-electron chi connectivity index (χ2n) is 16.3. The fourth-order valence-electron chi connectivity index (χ4n) is 8.00. The van der Waals surface area contributed by atoms with Crippen LogP contribution in [0.5, 0.6) is 0 Å². The van der Waals surface area contributed by atoms with E-state index in [-0.39, 0.29) is 53.9 Å². The minimum absolute atomic E-state index is 0.0581. The number of benzene rings is 1. The number of nitrogens with zero attached hydrogens (tertiary/aromatic N) is 2. The molecule has 3 aliphatic rings. The van der Waals surface area contributed by atoms with Gasteiger partial charge in [0, 0.05) is 20.6 Å². The van der Waals surface area contributed by atoms with E-state index in [0.29, 0.717) is 24.9 Å². The van der Waals surface area contributed by atoms with Crippen LogP contribution in [0.1, 0.15) is 97.6 Å². The SMILES string of the molecule is CCCCC(NC(=O)[C@@H]1[C@@H]2[C@H](CN1C(=O)[C@@H](NC(=O)OCC(C)C)C1CCCCC1)C2(C)C)C(=O)C(=O)NCC(=O)N[C@H](C(=O)N(C)C)c1ccccc1. The lowest BCUT2D eigenvalue weighted by atomic mass is 9.83. The van der Waals surface area contributed by atoms with Gasteiger partial charge < -0.3 is 35.8 Å². The molecule has 14 nitrogen and oxygen atoms in total.